The zero-order valence-corrected chi connectivity index (χ0v) is 8.46. The highest BCUT2D eigenvalue weighted by Crippen LogP contribution is 2.46. The van der Waals surface area contributed by atoms with Crippen molar-refractivity contribution in [3.05, 3.63) is 0 Å². The molecule has 3 nitrogen and oxygen atoms in total. The van der Waals surface area contributed by atoms with E-state index in [2.05, 4.69) is 4.90 Å². The normalized spacial score (nSPS) is 25.2. The van der Waals surface area contributed by atoms with E-state index in [0.29, 0.717) is 5.54 Å². The second-order valence-corrected chi connectivity index (χ2v) is 4.35. The molecule has 0 radical (unpaired) electrons. The Bertz CT molecular complexity index is 176. The number of ether oxygens (including phenoxy) is 1. The number of nitrogens with zero attached hydrogens (tertiary/aromatic N) is 1. The molecular formula is C10H20N2O. The van der Waals surface area contributed by atoms with Gasteiger partial charge >= 0.3 is 0 Å². The van der Waals surface area contributed by atoms with Crippen LogP contribution in [0.5, 0.6) is 0 Å². The first kappa shape index (κ1) is 9.44. The van der Waals surface area contributed by atoms with Crippen LogP contribution in [0.2, 0.25) is 0 Å². The van der Waals surface area contributed by atoms with Gasteiger partial charge < -0.3 is 10.5 Å². The molecule has 3 heteroatoms. The van der Waals surface area contributed by atoms with E-state index in [1.807, 2.05) is 0 Å². The highest BCUT2D eigenvalue weighted by molar-refractivity contribution is 5.08. The largest absolute Gasteiger partial charge is 0.383 e. The molecule has 2 rings (SSSR count). The average molecular weight is 184 g/mol. The molecule has 76 valence electrons. The summed E-state index contributed by atoms with van der Waals surface area (Å²) in [5.41, 5.74) is 6.20. The van der Waals surface area contributed by atoms with Crippen molar-refractivity contribution >= 4 is 0 Å². The van der Waals surface area contributed by atoms with E-state index in [1.165, 1.54) is 25.7 Å². The number of nitrogens with two attached hydrogens (primary N) is 1. The lowest BCUT2D eigenvalue weighted by Crippen LogP contribution is -2.45. The molecular weight excluding hydrogens is 164 g/mol. The Morgan fingerprint density at radius 2 is 2.15 bits per heavy atom. The Balaban J connectivity index is 1.89. The van der Waals surface area contributed by atoms with Crippen LogP contribution in [0.1, 0.15) is 25.7 Å². The molecule has 0 spiro atoms. The van der Waals surface area contributed by atoms with Crippen molar-refractivity contribution in [2.45, 2.75) is 37.3 Å². The fourth-order valence-corrected chi connectivity index (χ4v) is 2.14. The van der Waals surface area contributed by atoms with Gasteiger partial charge in [-0.3, -0.25) is 4.90 Å². The topological polar surface area (TPSA) is 38.5 Å². The maximum atomic E-state index is 5.82. The fourth-order valence-electron chi connectivity index (χ4n) is 2.14. The summed E-state index contributed by atoms with van der Waals surface area (Å²) >= 11 is 0. The van der Waals surface area contributed by atoms with Crippen molar-refractivity contribution in [2.75, 3.05) is 26.8 Å². The number of rotatable bonds is 6. The third kappa shape index (κ3) is 1.87. The molecule has 2 N–H and O–H groups in total. The maximum absolute atomic E-state index is 5.82. The van der Waals surface area contributed by atoms with E-state index in [9.17, 15) is 0 Å². The van der Waals surface area contributed by atoms with Gasteiger partial charge in [-0.25, -0.2) is 0 Å². The maximum Gasteiger partial charge on any atom is 0.0590 e. The van der Waals surface area contributed by atoms with Gasteiger partial charge in [-0.1, -0.05) is 0 Å². The first-order chi connectivity index (χ1) is 6.32. The first-order valence-electron chi connectivity index (χ1n) is 5.28. The van der Waals surface area contributed by atoms with E-state index >= 15 is 0 Å². The van der Waals surface area contributed by atoms with Gasteiger partial charge in [0.1, 0.15) is 0 Å². The summed E-state index contributed by atoms with van der Waals surface area (Å²) in [6.45, 7) is 2.74. The summed E-state index contributed by atoms with van der Waals surface area (Å²) in [6, 6.07) is 0.821. The molecule has 0 atom stereocenters. The summed E-state index contributed by atoms with van der Waals surface area (Å²) < 4.78 is 5.14. The Kier molecular flexibility index (Phi) is 2.58. The molecule has 2 fully saturated rings. The molecule has 2 aliphatic carbocycles. The number of hydrogen-bond acceptors (Lipinski definition) is 3. The Morgan fingerprint density at radius 3 is 2.54 bits per heavy atom. The van der Waals surface area contributed by atoms with E-state index in [1.54, 1.807) is 7.11 Å². The van der Waals surface area contributed by atoms with Crippen molar-refractivity contribution in [3.63, 3.8) is 0 Å². The number of hydrogen-bond donors (Lipinski definition) is 1. The van der Waals surface area contributed by atoms with Crippen LogP contribution >= 0.6 is 0 Å². The lowest BCUT2D eigenvalue weighted by Gasteiger charge is -2.30. The van der Waals surface area contributed by atoms with Gasteiger partial charge in [0.2, 0.25) is 0 Å². The monoisotopic (exact) mass is 184 g/mol. The predicted molar refractivity (Wildman–Crippen MR) is 52.6 cm³/mol. The second-order valence-electron chi connectivity index (χ2n) is 4.35. The quantitative estimate of drug-likeness (QED) is 0.656. The van der Waals surface area contributed by atoms with Gasteiger partial charge in [0.15, 0.2) is 0 Å². The number of methoxy groups -OCH3 is 1. The van der Waals surface area contributed by atoms with Crippen molar-refractivity contribution in [1.82, 2.24) is 4.90 Å². The summed E-state index contributed by atoms with van der Waals surface area (Å²) in [5, 5.41) is 0. The minimum Gasteiger partial charge on any atom is -0.383 e. The van der Waals surface area contributed by atoms with E-state index in [-0.39, 0.29) is 0 Å². The van der Waals surface area contributed by atoms with E-state index in [0.717, 1.165) is 25.7 Å². The highest BCUT2D eigenvalue weighted by atomic mass is 16.5. The molecule has 0 bridgehead atoms. The molecule has 0 saturated heterocycles. The van der Waals surface area contributed by atoms with Crippen molar-refractivity contribution in [3.8, 4) is 0 Å². The molecule has 0 unspecified atom stereocenters. The van der Waals surface area contributed by atoms with Gasteiger partial charge in [0, 0.05) is 31.8 Å². The third-order valence-electron chi connectivity index (χ3n) is 3.34. The van der Waals surface area contributed by atoms with Crippen LogP contribution in [0, 0.1) is 0 Å². The van der Waals surface area contributed by atoms with Crippen LogP contribution in [0.4, 0.5) is 0 Å². The lowest BCUT2D eigenvalue weighted by molar-refractivity contribution is 0.106. The Labute approximate surface area is 80.2 Å². The summed E-state index contributed by atoms with van der Waals surface area (Å²) in [6.07, 6.45) is 5.32. The fraction of sp³-hybridized carbons (Fsp3) is 1.00. The third-order valence-corrected chi connectivity index (χ3v) is 3.34. The molecule has 0 aromatic carbocycles. The van der Waals surface area contributed by atoms with Crippen LogP contribution in [0.25, 0.3) is 0 Å². The average Bonchev–Trinajstić information content (AvgIpc) is 3.01. The van der Waals surface area contributed by atoms with Gasteiger partial charge in [0.25, 0.3) is 0 Å². The van der Waals surface area contributed by atoms with Crippen molar-refractivity contribution in [2.24, 2.45) is 5.73 Å². The Morgan fingerprint density at radius 1 is 1.46 bits per heavy atom. The smallest absolute Gasteiger partial charge is 0.0590 e. The van der Waals surface area contributed by atoms with Crippen molar-refractivity contribution in [1.29, 1.82) is 0 Å². The Hall–Kier alpha value is -0.120. The summed E-state index contributed by atoms with van der Waals surface area (Å²) in [7, 11) is 1.77. The zero-order chi connectivity index (χ0) is 9.31. The standard InChI is InChI=1S/C10H20N2O/c1-13-7-6-12(9-2-3-9)10(8-11)4-5-10/h9H,2-8,11H2,1H3. The molecule has 13 heavy (non-hydrogen) atoms. The molecule has 0 amide bonds. The zero-order valence-electron chi connectivity index (χ0n) is 8.46. The second kappa shape index (κ2) is 3.56. The SMILES string of the molecule is COCCN(C1CC1)C1(CN)CC1. The van der Waals surface area contributed by atoms with Crippen LogP contribution < -0.4 is 5.73 Å². The van der Waals surface area contributed by atoms with E-state index in [4.69, 9.17) is 10.5 Å². The molecule has 2 saturated carbocycles. The highest BCUT2D eigenvalue weighted by Gasteiger charge is 2.51. The molecule has 0 heterocycles. The predicted octanol–water partition coefficient (Wildman–Crippen LogP) is 0.589. The van der Waals surface area contributed by atoms with Crippen molar-refractivity contribution < 1.29 is 4.74 Å². The van der Waals surface area contributed by atoms with Crippen LogP contribution in [-0.2, 0) is 4.74 Å². The summed E-state index contributed by atoms with van der Waals surface area (Å²) in [5.74, 6) is 0. The first-order valence-corrected chi connectivity index (χ1v) is 5.28. The minimum atomic E-state index is 0.375. The van der Waals surface area contributed by atoms with Gasteiger partial charge in [-0.2, -0.15) is 0 Å². The molecule has 0 aliphatic heterocycles. The van der Waals surface area contributed by atoms with Crippen LogP contribution in [0.15, 0.2) is 0 Å². The molecule has 0 aromatic rings. The minimum absolute atomic E-state index is 0.375. The lowest BCUT2D eigenvalue weighted by atomic mass is 10.2. The summed E-state index contributed by atoms with van der Waals surface area (Å²) in [4.78, 5) is 2.59. The molecule has 2 aliphatic rings. The van der Waals surface area contributed by atoms with Gasteiger partial charge in [-0.05, 0) is 25.7 Å². The molecule has 0 aromatic heterocycles. The van der Waals surface area contributed by atoms with Crippen LogP contribution in [0.3, 0.4) is 0 Å². The van der Waals surface area contributed by atoms with E-state index < -0.39 is 0 Å². The van der Waals surface area contributed by atoms with Gasteiger partial charge in [-0.15, -0.1) is 0 Å². The van der Waals surface area contributed by atoms with Crippen LogP contribution in [-0.4, -0.2) is 43.3 Å². The van der Waals surface area contributed by atoms with Gasteiger partial charge in [0.05, 0.1) is 6.61 Å².